The highest BCUT2D eigenvalue weighted by atomic mass is 79.9. The fraction of sp³-hybridized carbons (Fsp3) is 0.583. The standard InChI is InChI=1S/C12H16BrNO2S/c1-12(2)7-8(15)5-6-14(12)11(16)9-3-4-10(13)17-9/h3-4,8,15H,5-7H2,1-2H3. The lowest BCUT2D eigenvalue weighted by Gasteiger charge is -2.44. The maximum absolute atomic E-state index is 12.4. The number of nitrogens with zero attached hydrogens (tertiary/aromatic N) is 1. The lowest BCUT2D eigenvalue weighted by atomic mass is 9.88. The molecular formula is C12H16BrNO2S. The molecule has 17 heavy (non-hydrogen) atoms. The topological polar surface area (TPSA) is 40.5 Å². The zero-order valence-corrected chi connectivity index (χ0v) is 12.3. The Hall–Kier alpha value is -0.390. The molecule has 94 valence electrons. The van der Waals surface area contributed by atoms with Crippen LogP contribution in [0.5, 0.6) is 0 Å². The molecule has 1 aromatic rings. The summed E-state index contributed by atoms with van der Waals surface area (Å²) >= 11 is 4.82. The molecule has 1 aromatic heterocycles. The molecule has 1 N–H and O–H groups in total. The Bertz CT molecular complexity index is 430. The number of halogens is 1. The lowest BCUT2D eigenvalue weighted by molar-refractivity contribution is 0.00361. The van der Waals surface area contributed by atoms with Crippen molar-refractivity contribution in [2.24, 2.45) is 0 Å². The molecule has 1 unspecified atom stereocenters. The van der Waals surface area contributed by atoms with Crippen LogP contribution in [0.2, 0.25) is 0 Å². The van der Waals surface area contributed by atoms with Crippen LogP contribution in [0.3, 0.4) is 0 Å². The van der Waals surface area contributed by atoms with E-state index >= 15 is 0 Å². The van der Waals surface area contributed by atoms with E-state index < -0.39 is 0 Å². The molecule has 5 heteroatoms. The fourth-order valence-corrected chi connectivity index (χ4v) is 3.64. The SMILES string of the molecule is CC1(C)CC(O)CCN1C(=O)c1ccc(Br)s1. The molecule has 0 spiro atoms. The smallest absolute Gasteiger partial charge is 0.264 e. The zero-order valence-electron chi connectivity index (χ0n) is 9.94. The third kappa shape index (κ3) is 2.72. The Kier molecular flexibility index (Phi) is 3.61. The molecule has 0 bridgehead atoms. The van der Waals surface area contributed by atoms with Crippen molar-refractivity contribution in [3.63, 3.8) is 0 Å². The third-order valence-corrected chi connectivity index (χ3v) is 4.79. The van der Waals surface area contributed by atoms with Gasteiger partial charge in [-0.2, -0.15) is 0 Å². The molecule has 0 aliphatic carbocycles. The van der Waals surface area contributed by atoms with Crippen molar-refractivity contribution in [1.29, 1.82) is 0 Å². The Morgan fingerprint density at radius 1 is 1.59 bits per heavy atom. The van der Waals surface area contributed by atoms with Gasteiger partial charge in [0.15, 0.2) is 0 Å². The van der Waals surface area contributed by atoms with Gasteiger partial charge in [0.25, 0.3) is 5.91 Å². The molecule has 1 aliphatic heterocycles. The van der Waals surface area contributed by atoms with Crippen molar-refractivity contribution in [3.8, 4) is 0 Å². The molecule has 3 nitrogen and oxygen atoms in total. The van der Waals surface area contributed by atoms with Crippen LogP contribution in [0.15, 0.2) is 15.9 Å². The second-order valence-corrected chi connectivity index (χ2v) is 7.48. The van der Waals surface area contributed by atoms with Gasteiger partial charge in [-0.1, -0.05) is 0 Å². The van der Waals surface area contributed by atoms with E-state index in [9.17, 15) is 9.90 Å². The summed E-state index contributed by atoms with van der Waals surface area (Å²) in [7, 11) is 0. The molecule has 1 aliphatic rings. The number of piperidine rings is 1. The second-order valence-electron chi connectivity index (χ2n) is 5.02. The minimum atomic E-state index is -0.288. The molecule has 1 saturated heterocycles. The highest BCUT2D eigenvalue weighted by molar-refractivity contribution is 9.11. The van der Waals surface area contributed by atoms with E-state index in [1.54, 1.807) is 0 Å². The minimum Gasteiger partial charge on any atom is -0.393 e. The maximum Gasteiger partial charge on any atom is 0.264 e. The van der Waals surface area contributed by atoms with E-state index in [0.717, 1.165) is 8.66 Å². The number of hydrogen-bond donors (Lipinski definition) is 1. The number of hydrogen-bond acceptors (Lipinski definition) is 3. The quantitative estimate of drug-likeness (QED) is 0.865. The van der Waals surface area contributed by atoms with Gasteiger partial charge in [-0.05, 0) is 54.8 Å². The molecule has 2 heterocycles. The number of thiophene rings is 1. The molecule has 0 radical (unpaired) electrons. The van der Waals surface area contributed by atoms with E-state index in [-0.39, 0.29) is 17.6 Å². The Morgan fingerprint density at radius 2 is 2.29 bits per heavy atom. The summed E-state index contributed by atoms with van der Waals surface area (Å²) < 4.78 is 0.968. The van der Waals surface area contributed by atoms with Crippen LogP contribution in [0, 0.1) is 0 Å². The molecule has 1 amide bonds. The molecule has 0 saturated carbocycles. The van der Waals surface area contributed by atoms with Gasteiger partial charge in [0, 0.05) is 12.1 Å². The first kappa shape index (κ1) is 13.1. The van der Waals surface area contributed by atoms with Crippen LogP contribution < -0.4 is 0 Å². The lowest BCUT2D eigenvalue weighted by Crippen LogP contribution is -2.53. The third-order valence-electron chi connectivity index (χ3n) is 3.18. The predicted octanol–water partition coefficient (Wildman–Crippen LogP) is 2.89. The van der Waals surface area contributed by atoms with Crippen molar-refractivity contribution >= 4 is 33.2 Å². The normalized spacial score (nSPS) is 23.8. The summed E-state index contributed by atoms with van der Waals surface area (Å²) in [6, 6.07) is 3.74. The van der Waals surface area contributed by atoms with Crippen molar-refractivity contribution in [2.45, 2.75) is 38.3 Å². The number of aliphatic hydroxyl groups excluding tert-OH is 1. The van der Waals surface area contributed by atoms with Gasteiger partial charge in [-0.3, -0.25) is 4.79 Å². The average molecular weight is 318 g/mol. The van der Waals surface area contributed by atoms with E-state index in [1.807, 2.05) is 30.9 Å². The van der Waals surface area contributed by atoms with Crippen LogP contribution in [0.1, 0.15) is 36.4 Å². The van der Waals surface area contributed by atoms with E-state index in [4.69, 9.17) is 0 Å². The van der Waals surface area contributed by atoms with E-state index in [0.29, 0.717) is 19.4 Å². The fourth-order valence-electron chi connectivity index (χ4n) is 2.31. The molecular weight excluding hydrogens is 302 g/mol. The van der Waals surface area contributed by atoms with Gasteiger partial charge >= 0.3 is 0 Å². The maximum atomic E-state index is 12.4. The van der Waals surface area contributed by atoms with E-state index in [1.165, 1.54) is 11.3 Å². The summed E-state index contributed by atoms with van der Waals surface area (Å²) in [4.78, 5) is 15.0. The monoisotopic (exact) mass is 317 g/mol. The molecule has 1 atom stereocenters. The van der Waals surface area contributed by atoms with Gasteiger partial charge in [-0.25, -0.2) is 0 Å². The number of carbonyl (C=O) groups excluding carboxylic acids is 1. The van der Waals surface area contributed by atoms with Crippen molar-refractivity contribution in [1.82, 2.24) is 4.90 Å². The number of likely N-dealkylation sites (tertiary alicyclic amines) is 1. The van der Waals surface area contributed by atoms with Crippen LogP contribution >= 0.6 is 27.3 Å². The highest BCUT2D eigenvalue weighted by Crippen LogP contribution is 2.31. The highest BCUT2D eigenvalue weighted by Gasteiger charge is 2.37. The average Bonchev–Trinajstić information content (AvgIpc) is 2.62. The summed E-state index contributed by atoms with van der Waals surface area (Å²) in [6.07, 6.45) is 1.02. The van der Waals surface area contributed by atoms with Gasteiger partial charge in [-0.15, -0.1) is 11.3 Å². The molecule has 1 fully saturated rings. The second kappa shape index (κ2) is 4.71. The van der Waals surface area contributed by atoms with Crippen LogP contribution in [0.25, 0.3) is 0 Å². The first-order chi connectivity index (χ1) is 7.90. The molecule has 0 aromatic carbocycles. The van der Waals surface area contributed by atoms with Crippen molar-refractivity contribution < 1.29 is 9.90 Å². The number of amides is 1. The van der Waals surface area contributed by atoms with Gasteiger partial charge in [0.05, 0.1) is 14.8 Å². The number of rotatable bonds is 1. The first-order valence-electron chi connectivity index (χ1n) is 5.65. The summed E-state index contributed by atoms with van der Waals surface area (Å²) in [5.41, 5.74) is -0.273. The zero-order chi connectivity index (χ0) is 12.6. The van der Waals surface area contributed by atoms with Gasteiger partial charge in [0.1, 0.15) is 0 Å². The minimum absolute atomic E-state index is 0.0672. The summed E-state index contributed by atoms with van der Waals surface area (Å²) in [5.74, 6) is 0.0672. The van der Waals surface area contributed by atoms with Crippen molar-refractivity contribution in [3.05, 3.63) is 20.8 Å². The Labute approximate surface area is 114 Å². The predicted molar refractivity (Wildman–Crippen MR) is 72.4 cm³/mol. The summed E-state index contributed by atoms with van der Waals surface area (Å²) in [6.45, 7) is 4.65. The Balaban J connectivity index is 2.19. The Morgan fingerprint density at radius 3 is 2.82 bits per heavy atom. The number of aliphatic hydroxyl groups is 1. The van der Waals surface area contributed by atoms with Crippen LogP contribution in [-0.2, 0) is 0 Å². The molecule has 2 rings (SSSR count). The van der Waals surface area contributed by atoms with Crippen molar-refractivity contribution in [2.75, 3.05) is 6.54 Å². The van der Waals surface area contributed by atoms with Crippen LogP contribution in [-0.4, -0.2) is 34.1 Å². The first-order valence-corrected chi connectivity index (χ1v) is 7.26. The number of carbonyl (C=O) groups is 1. The van der Waals surface area contributed by atoms with Crippen LogP contribution in [0.4, 0.5) is 0 Å². The van der Waals surface area contributed by atoms with Gasteiger partial charge in [0.2, 0.25) is 0 Å². The van der Waals surface area contributed by atoms with E-state index in [2.05, 4.69) is 15.9 Å². The largest absolute Gasteiger partial charge is 0.393 e. The van der Waals surface area contributed by atoms with Gasteiger partial charge < -0.3 is 10.0 Å². The summed E-state index contributed by atoms with van der Waals surface area (Å²) in [5, 5.41) is 9.68.